The normalized spacial score (nSPS) is 21.3. The number of rotatable bonds is 4. The lowest BCUT2D eigenvalue weighted by atomic mass is 10.1. The Bertz CT molecular complexity index is 661. The Morgan fingerprint density at radius 2 is 2.14 bits per heavy atom. The summed E-state index contributed by atoms with van der Waals surface area (Å²) < 4.78 is 33.6. The van der Waals surface area contributed by atoms with E-state index in [1.54, 1.807) is 23.1 Å². The van der Waals surface area contributed by atoms with Crippen LogP contribution in [0.5, 0.6) is 5.75 Å². The molecule has 122 valence electrons. The number of methoxy groups -OCH3 is 2. The number of halogens is 1. The number of hydrogen-bond acceptors (Lipinski definition) is 6. The minimum Gasteiger partial charge on any atom is -0.496 e. The number of benzene rings is 1. The molecule has 0 aromatic heterocycles. The van der Waals surface area contributed by atoms with Crippen LogP contribution in [0, 0.1) is 0 Å². The Hall–Kier alpha value is -1.31. The van der Waals surface area contributed by atoms with E-state index in [1.807, 2.05) is 0 Å². The SMILES string of the molecule is COC(=O)[C@H]1CS(=O)(=O)CCN1Cc1c(Cl)cccc1OC. The average Bonchev–Trinajstić information content (AvgIpc) is 2.49. The molecular formula is C14H18ClNO5S. The Morgan fingerprint density at radius 3 is 2.77 bits per heavy atom. The van der Waals surface area contributed by atoms with E-state index in [1.165, 1.54) is 14.2 Å². The van der Waals surface area contributed by atoms with Gasteiger partial charge in [0.25, 0.3) is 0 Å². The van der Waals surface area contributed by atoms with Crippen molar-refractivity contribution < 1.29 is 22.7 Å². The van der Waals surface area contributed by atoms with Crippen molar-refractivity contribution in [2.45, 2.75) is 12.6 Å². The predicted octanol–water partition coefficient (Wildman–Crippen LogP) is 1.12. The van der Waals surface area contributed by atoms with Gasteiger partial charge < -0.3 is 9.47 Å². The van der Waals surface area contributed by atoms with Crippen molar-refractivity contribution >= 4 is 27.4 Å². The molecule has 0 aliphatic carbocycles. The highest BCUT2D eigenvalue weighted by atomic mass is 35.5. The lowest BCUT2D eigenvalue weighted by Crippen LogP contribution is -2.52. The summed E-state index contributed by atoms with van der Waals surface area (Å²) >= 11 is 6.20. The number of carbonyl (C=O) groups is 1. The van der Waals surface area contributed by atoms with Gasteiger partial charge in [-0.3, -0.25) is 9.69 Å². The summed E-state index contributed by atoms with van der Waals surface area (Å²) in [5, 5.41) is 0.511. The van der Waals surface area contributed by atoms with Crippen LogP contribution in [0.3, 0.4) is 0 Å². The lowest BCUT2D eigenvalue weighted by molar-refractivity contribution is -0.146. The van der Waals surface area contributed by atoms with Gasteiger partial charge in [0.15, 0.2) is 9.84 Å². The molecule has 1 aromatic carbocycles. The molecule has 2 rings (SSSR count). The van der Waals surface area contributed by atoms with Crippen LogP contribution in [0.2, 0.25) is 5.02 Å². The van der Waals surface area contributed by atoms with Crippen molar-refractivity contribution in [1.82, 2.24) is 4.90 Å². The standard InChI is InChI=1S/C14H18ClNO5S/c1-20-13-5-3-4-11(15)10(13)8-16-6-7-22(18,19)9-12(16)14(17)21-2/h3-5,12H,6-9H2,1-2H3/t12-/m1/s1. The van der Waals surface area contributed by atoms with Crippen LogP contribution in [0.1, 0.15) is 5.56 Å². The monoisotopic (exact) mass is 347 g/mol. The number of nitrogens with zero attached hydrogens (tertiary/aromatic N) is 1. The topological polar surface area (TPSA) is 72.9 Å². The van der Waals surface area contributed by atoms with Crippen molar-refractivity contribution in [3.05, 3.63) is 28.8 Å². The highest BCUT2D eigenvalue weighted by Gasteiger charge is 2.37. The van der Waals surface area contributed by atoms with Crippen molar-refractivity contribution in [3.63, 3.8) is 0 Å². The van der Waals surface area contributed by atoms with Crippen LogP contribution in [-0.2, 0) is 25.9 Å². The molecule has 1 fully saturated rings. The van der Waals surface area contributed by atoms with Gasteiger partial charge in [0.1, 0.15) is 11.8 Å². The first-order chi connectivity index (χ1) is 10.4. The third kappa shape index (κ3) is 3.71. The summed E-state index contributed by atoms with van der Waals surface area (Å²) in [5.41, 5.74) is 0.722. The van der Waals surface area contributed by atoms with Gasteiger partial charge in [0.05, 0.1) is 25.7 Å². The van der Waals surface area contributed by atoms with E-state index in [4.69, 9.17) is 21.1 Å². The first kappa shape index (κ1) is 17.1. The summed E-state index contributed by atoms with van der Waals surface area (Å²) in [6, 6.07) is 4.44. The Morgan fingerprint density at radius 1 is 1.41 bits per heavy atom. The maximum absolute atomic E-state index is 11.9. The molecule has 8 heteroatoms. The van der Waals surface area contributed by atoms with E-state index in [0.29, 0.717) is 17.3 Å². The number of ether oxygens (including phenoxy) is 2. The molecular weight excluding hydrogens is 330 g/mol. The zero-order chi connectivity index (χ0) is 16.3. The third-order valence-electron chi connectivity index (χ3n) is 3.67. The molecule has 0 spiro atoms. The molecule has 22 heavy (non-hydrogen) atoms. The largest absolute Gasteiger partial charge is 0.496 e. The fourth-order valence-corrected chi connectivity index (χ4v) is 4.20. The number of esters is 1. The van der Waals surface area contributed by atoms with Crippen molar-refractivity contribution in [2.24, 2.45) is 0 Å². The van der Waals surface area contributed by atoms with E-state index in [0.717, 1.165) is 5.56 Å². The minimum atomic E-state index is -3.24. The zero-order valence-electron chi connectivity index (χ0n) is 12.4. The minimum absolute atomic E-state index is 0.00720. The molecule has 1 aliphatic rings. The van der Waals surface area contributed by atoms with Gasteiger partial charge >= 0.3 is 5.97 Å². The fraction of sp³-hybridized carbons (Fsp3) is 0.500. The second-order valence-corrected chi connectivity index (χ2v) is 7.68. The summed E-state index contributed by atoms with van der Waals surface area (Å²) in [6.45, 7) is 0.564. The van der Waals surface area contributed by atoms with Gasteiger partial charge in [-0.25, -0.2) is 8.42 Å². The molecule has 1 heterocycles. The van der Waals surface area contributed by atoms with E-state index in [2.05, 4.69) is 0 Å². The number of sulfone groups is 1. The van der Waals surface area contributed by atoms with Gasteiger partial charge in [0, 0.05) is 23.7 Å². The summed E-state index contributed by atoms with van der Waals surface area (Å²) in [5.74, 6) is -0.196. The van der Waals surface area contributed by atoms with Gasteiger partial charge in [-0.05, 0) is 12.1 Å². The lowest BCUT2D eigenvalue weighted by Gasteiger charge is -2.33. The predicted molar refractivity (Wildman–Crippen MR) is 82.9 cm³/mol. The summed E-state index contributed by atoms with van der Waals surface area (Å²) in [6.07, 6.45) is 0. The molecule has 1 aliphatic heterocycles. The molecule has 0 amide bonds. The second-order valence-electron chi connectivity index (χ2n) is 5.04. The molecule has 1 saturated heterocycles. The Labute approximate surface area is 134 Å². The van der Waals surface area contributed by atoms with Gasteiger partial charge in [0.2, 0.25) is 0 Å². The number of carbonyl (C=O) groups excluding carboxylic acids is 1. The smallest absolute Gasteiger partial charge is 0.324 e. The highest BCUT2D eigenvalue weighted by Crippen LogP contribution is 2.29. The van der Waals surface area contributed by atoms with E-state index < -0.39 is 21.8 Å². The molecule has 1 aromatic rings. The average molecular weight is 348 g/mol. The fourth-order valence-electron chi connectivity index (χ4n) is 2.47. The van der Waals surface area contributed by atoms with E-state index in [-0.39, 0.29) is 18.1 Å². The third-order valence-corrected chi connectivity index (χ3v) is 5.65. The van der Waals surface area contributed by atoms with Gasteiger partial charge in [-0.2, -0.15) is 0 Å². The van der Waals surface area contributed by atoms with Crippen molar-refractivity contribution in [1.29, 1.82) is 0 Å². The van der Waals surface area contributed by atoms with Crippen molar-refractivity contribution in [3.8, 4) is 5.75 Å². The Kier molecular flexibility index (Phi) is 5.31. The quantitative estimate of drug-likeness (QED) is 0.760. The van der Waals surface area contributed by atoms with Crippen LogP contribution >= 0.6 is 11.6 Å². The maximum Gasteiger partial charge on any atom is 0.324 e. The van der Waals surface area contributed by atoms with Crippen LogP contribution in [0.25, 0.3) is 0 Å². The summed E-state index contributed by atoms with van der Waals surface area (Å²) in [4.78, 5) is 13.7. The Balaban J connectivity index is 2.29. The molecule has 0 unspecified atom stereocenters. The van der Waals surface area contributed by atoms with E-state index >= 15 is 0 Å². The van der Waals surface area contributed by atoms with Crippen molar-refractivity contribution in [2.75, 3.05) is 32.3 Å². The molecule has 0 bridgehead atoms. The van der Waals surface area contributed by atoms with Gasteiger partial charge in [-0.15, -0.1) is 0 Å². The molecule has 0 N–H and O–H groups in total. The van der Waals surface area contributed by atoms with Crippen LogP contribution in [0.15, 0.2) is 18.2 Å². The van der Waals surface area contributed by atoms with Crippen LogP contribution < -0.4 is 4.74 Å². The molecule has 0 saturated carbocycles. The summed E-state index contributed by atoms with van der Waals surface area (Å²) in [7, 11) is -0.462. The first-order valence-corrected chi connectivity index (χ1v) is 8.91. The highest BCUT2D eigenvalue weighted by molar-refractivity contribution is 7.91. The maximum atomic E-state index is 11.9. The van der Waals surface area contributed by atoms with Gasteiger partial charge in [-0.1, -0.05) is 17.7 Å². The molecule has 1 atom stereocenters. The number of hydrogen-bond donors (Lipinski definition) is 0. The molecule has 6 nitrogen and oxygen atoms in total. The second kappa shape index (κ2) is 6.85. The first-order valence-electron chi connectivity index (χ1n) is 6.71. The van der Waals surface area contributed by atoms with Crippen LogP contribution in [-0.4, -0.2) is 57.6 Å². The molecule has 0 radical (unpaired) electrons. The van der Waals surface area contributed by atoms with E-state index in [9.17, 15) is 13.2 Å². The zero-order valence-corrected chi connectivity index (χ0v) is 14.0. The van der Waals surface area contributed by atoms with Crippen LogP contribution in [0.4, 0.5) is 0 Å².